The van der Waals surface area contributed by atoms with Gasteiger partial charge in [-0.3, -0.25) is 4.55 Å². The molecule has 25 heavy (non-hydrogen) atoms. The lowest BCUT2D eigenvalue weighted by Crippen LogP contribution is -2.16. The zero-order chi connectivity index (χ0) is 18.3. The van der Waals surface area contributed by atoms with Gasteiger partial charge in [0.05, 0.1) is 0 Å². The molecule has 0 aliphatic heterocycles. The lowest BCUT2D eigenvalue weighted by molar-refractivity contribution is 0.474. The van der Waals surface area contributed by atoms with Crippen molar-refractivity contribution in [2.75, 3.05) is 6.16 Å². The molecule has 0 radical (unpaired) electrons. The van der Waals surface area contributed by atoms with E-state index in [0.29, 0.717) is 30.8 Å². The van der Waals surface area contributed by atoms with Gasteiger partial charge in [0, 0.05) is 0 Å². The van der Waals surface area contributed by atoms with Crippen molar-refractivity contribution >= 4 is 18.7 Å². The molecular weight excluding hydrogens is 362 g/mol. The van der Waals surface area contributed by atoms with Crippen LogP contribution in [0.1, 0.15) is 25.3 Å². The third kappa shape index (κ3) is 6.73. The van der Waals surface area contributed by atoms with Gasteiger partial charge in [0.1, 0.15) is 22.3 Å². The molecule has 7 heteroatoms. The van der Waals surface area contributed by atoms with E-state index in [4.69, 9.17) is 4.74 Å². The summed E-state index contributed by atoms with van der Waals surface area (Å²) >= 11 is 0. The van der Waals surface area contributed by atoms with Crippen LogP contribution in [0.15, 0.2) is 48.5 Å². The molecule has 0 spiro atoms. The number of halogens is 1. The fraction of sp³-hybridized carbons (Fsp3) is 0.333. The van der Waals surface area contributed by atoms with Crippen molar-refractivity contribution in [3.8, 4) is 11.5 Å². The highest BCUT2D eigenvalue weighted by atomic mass is 32.2. The van der Waals surface area contributed by atoms with E-state index in [1.54, 1.807) is 12.1 Å². The monoisotopic (exact) mass is 384 g/mol. The van der Waals surface area contributed by atoms with Gasteiger partial charge in [-0.1, -0.05) is 19.1 Å². The van der Waals surface area contributed by atoms with Crippen LogP contribution < -0.4 is 4.74 Å². The lowest BCUT2D eigenvalue weighted by Gasteiger charge is -2.13. The fourth-order valence-corrected chi connectivity index (χ4v) is 5.15. The third-order valence-corrected chi connectivity index (χ3v) is 7.17. The molecule has 0 saturated heterocycles. The summed E-state index contributed by atoms with van der Waals surface area (Å²) in [6.45, 7) is 1.91. The molecule has 0 fully saturated rings. The predicted octanol–water partition coefficient (Wildman–Crippen LogP) is 4.85. The van der Waals surface area contributed by atoms with Crippen molar-refractivity contribution in [3.05, 3.63) is 59.9 Å². The summed E-state index contributed by atoms with van der Waals surface area (Å²) in [5.41, 5.74) is 1.02. The number of hydrogen-bond donors (Lipinski definition) is 1. The van der Waals surface area contributed by atoms with E-state index in [-0.39, 0.29) is 14.4 Å². The maximum atomic E-state index is 12.9. The van der Waals surface area contributed by atoms with E-state index in [1.807, 2.05) is 31.2 Å². The van der Waals surface area contributed by atoms with Crippen molar-refractivity contribution in [1.29, 1.82) is 0 Å². The molecule has 0 aliphatic rings. The Kier molecular flexibility index (Phi) is 7.36. The minimum Gasteiger partial charge on any atom is -0.457 e. The van der Waals surface area contributed by atoms with Gasteiger partial charge in [-0.25, -0.2) is 4.39 Å². The first-order valence-corrected chi connectivity index (χ1v) is 10.9. The zero-order valence-electron chi connectivity index (χ0n) is 14.0. The number of ether oxygens (including phenoxy) is 1. The SMILES string of the molecule is CCPC(CCCc1cccc(Oc2ccc(F)cc2)c1)S(=O)(=O)O. The Balaban J connectivity index is 1.93. The van der Waals surface area contributed by atoms with E-state index in [1.165, 1.54) is 12.1 Å². The summed E-state index contributed by atoms with van der Waals surface area (Å²) in [5, 5.41) is 0. The molecule has 2 aromatic carbocycles. The van der Waals surface area contributed by atoms with Crippen molar-refractivity contribution < 1.29 is 22.1 Å². The molecule has 2 rings (SSSR count). The van der Waals surface area contributed by atoms with E-state index in [9.17, 15) is 17.4 Å². The fourth-order valence-electron chi connectivity index (χ4n) is 2.48. The Bertz CT molecular complexity index is 778. The molecule has 2 unspecified atom stereocenters. The first-order valence-electron chi connectivity index (χ1n) is 8.10. The molecule has 0 amide bonds. The van der Waals surface area contributed by atoms with Gasteiger partial charge in [-0.05, 0) is 67.4 Å². The van der Waals surface area contributed by atoms with Gasteiger partial charge in [0.25, 0.3) is 10.1 Å². The average Bonchev–Trinajstić information content (AvgIpc) is 2.56. The summed E-state index contributed by atoms with van der Waals surface area (Å²) < 4.78 is 50.6. The molecule has 4 nitrogen and oxygen atoms in total. The Labute approximate surface area is 150 Å². The van der Waals surface area contributed by atoms with Crippen LogP contribution in [0, 0.1) is 5.82 Å². The van der Waals surface area contributed by atoms with Crippen molar-refractivity contribution in [2.24, 2.45) is 0 Å². The minimum absolute atomic E-state index is 0.209. The smallest absolute Gasteiger partial charge is 0.271 e. The van der Waals surface area contributed by atoms with Crippen LogP contribution in [-0.2, 0) is 16.5 Å². The molecule has 0 heterocycles. The normalized spacial score (nSPS) is 13.2. The molecule has 2 atom stereocenters. The quantitative estimate of drug-likeness (QED) is 0.496. The van der Waals surface area contributed by atoms with E-state index in [0.717, 1.165) is 11.7 Å². The molecule has 0 saturated carbocycles. The minimum atomic E-state index is -3.98. The third-order valence-electron chi connectivity index (χ3n) is 3.67. The molecule has 2 aromatic rings. The van der Waals surface area contributed by atoms with Crippen LogP contribution >= 0.6 is 8.58 Å². The van der Waals surface area contributed by atoms with E-state index >= 15 is 0 Å². The van der Waals surface area contributed by atoms with Gasteiger partial charge >= 0.3 is 0 Å². The van der Waals surface area contributed by atoms with Gasteiger partial charge < -0.3 is 4.74 Å². The first kappa shape index (κ1) is 19.8. The predicted molar refractivity (Wildman–Crippen MR) is 100 cm³/mol. The van der Waals surface area contributed by atoms with Crippen LogP contribution in [0.2, 0.25) is 0 Å². The van der Waals surface area contributed by atoms with Crippen LogP contribution in [0.3, 0.4) is 0 Å². The topological polar surface area (TPSA) is 63.6 Å². The molecule has 0 bridgehead atoms. The summed E-state index contributed by atoms with van der Waals surface area (Å²) in [6, 6.07) is 13.3. The number of benzene rings is 2. The van der Waals surface area contributed by atoms with E-state index in [2.05, 4.69) is 0 Å². The van der Waals surface area contributed by atoms with Crippen LogP contribution in [0.5, 0.6) is 11.5 Å². The maximum Gasteiger partial charge on any atom is 0.271 e. The van der Waals surface area contributed by atoms with Crippen LogP contribution in [0.4, 0.5) is 4.39 Å². The highest BCUT2D eigenvalue weighted by molar-refractivity contribution is 7.92. The highest BCUT2D eigenvalue weighted by Gasteiger charge is 2.21. The second-order valence-corrected chi connectivity index (χ2v) is 9.49. The average molecular weight is 384 g/mol. The number of hydrogen-bond acceptors (Lipinski definition) is 3. The van der Waals surface area contributed by atoms with Crippen LogP contribution in [-0.4, -0.2) is 24.1 Å². The second kappa shape index (κ2) is 9.27. The van der Waals surface area contributed by atoms with E-state index < -0.39 is 15.1 Å². The van der Waals surface area contributed by atoms with Crippen molar-refractivity contribution in [3.63, 3.8) is 0 Å². The number of rotatable bonds is 9. The summed E-state index contributed by atoms with van der Waals surface area (Å²) in [7, 11) is -3.77. The van der Waals surface area contributed by atoms with Gasteiger partial charge in [0.2, 0.25) is 0 Å². The zero-order valence-corrected chi connectivity index (χ0v) is 15.8. The molecular formula is C18H22FO4PS. The Morgan fingerprint density at radius 3 is 2.52 bits per heavy atom. The lowest BCUT2D eigenvalue weighted by atomic mass is 10.1. The molecule has 0 aliphatic carbocycles. The van der Waals surface area contributed by atoms with Gasteiger partial charge in [0.15, 0.2) is 0 Å². The van der Waals surface area contributed by atoms with Crippen molar-refractivity contribution in [1.82, 2.24) is 0 Å². The van der Waals surface area contributed by atoms with Gasteiger partial charge in [-0.15, -0.1) is 8.58 Å². The summed E-state index contributed by atoms with van der Waals surface area (Å²) in [6.07, 6.45) is 2.54. The second-order valence-electron chi connectivity index (χ2n) is 5.66. The largest absolute Gasteiger partial charge is 0.457 e. The molecule has 136 valence electrons. The number of aryl methyl sites for hydroxylation is 1. The maximum absolute atomic E-state index is 12.9. The Hall–Kier alpha value is -1.49. The van der Waals surface area contributed by atoms with Crippen molar-refractivity contribution in [2.45, 2.75) is 31.2 Å². The summed E-state index contributed by atoms with van der Waals surface area (Å²) in [4.78, 5) is -0.670. The first-order chi connectivity index (χ1) is 11.9. The molecule has 0 aromatic heterocycles. The Morgan fingerprint density at radius 2 is 1.88 bits per heavy atom. The van der Waals surface area contributed by atoms with Gasteiger partial charge in [-0.2, -0.15) is 8.42 Å². The Morgan fingerprint density at radius 1 is 1.16 bits per heavy atom. The standard InChI is InChI=1S/C18H22FO4PS/c1-2-24-18(25(20,21)22)8-4-6-14-5-3-7-17(13-14)23-16-11-9-15(19)10-12-16/h3,5,7,9-13,18,24H,2,4,6,8H2,1H3,(H,20,21,22). The molecule has 1 N–H and O–H groups in total. The summed E-state index contributed by atoms with van der Waals surface area (Å²) in [5.74, 6) is 0.877. The highest BCUT2D eigenvalue weighted by Crippen LogP contribution is 2.28. The van der Waals surface area contributed by atoms with Crippen LogP contribution in [0.25, 0.3) is 0 Å².